The predicted molar refractivity (Wildman–Crippen MR) is 76.1 cm³/mol. The van der Waals surface area contributed by atoms with E-state index in [0.717, 1.165) is 31.4 Å². The van der Waals surface area contributed by atoms with Gasteiger partial charge in [0.25, 0.3) is 0 Å². The van der Waals surface area contributed by atoms with E-state index in [-0.39, 0.29) is 17.0 Å². The minimum atomic E-state index is -0.422. The molecule has 0 saturated carbocycles. The quantitative estimate of drug-likeness (QED) is 0.798. The van der Waals surface area contributed by atoms with Crippen molar-refractivity contribution in [2.24, 2.45) is 0 Å². The Labute approximate surface area is 123 Å². The van der Waals surface area contributed by atoms with Gasteiger partial charge in [-0.05, 0) is 44.0 Å². The molecule has 0 bridgehead atoms. The maximum absolute atomic E-state index is 13.5. The number of hydrogen-bond donors (Lipinski definition) is 0. The number of carbonyl (C=O) groups is 1. The van der Waals surface area contributed by atoms with Gasteiger partial charge in [-0.15, -0.1) is 0 Å². The highest BCUT2D eigenvalue weighted by Gasteiger charge is 2.29. The molecule has 0 N–H and O–H groups in total. The van der Waals surface area contributed by atoms with Crippen molar-refractivity contribution in [2.75, 3.05) is 13.2 Å². The molecule has 0 amide bonds. The molecule has 1 heterocycles. The standard InChI is InChI=1S/C15H19ClFNO2/c1-2-20-15(19)14-5-3-4-8-18(14)10-11-6-7-12(16)13(17)9-11/h6-7,9,14H,2-5,8,10H2,1H3. The first-order valence-corrected chi connectivity index (χ1v) is 7.34. The number of nitrogens with zero attached hydrogens (tertiary/aromatic N) is 1. The van der Waals surface area contributed by atoms with Crippen LogP contribution in [0.1, 0.15) is 31.7 Å². The first-order valence-electron chi connectivity index (χ1n) is 6.96. The maximum Gasteiger partial charge on any atom is 0.323 e. The fourth-order valence-electron chi connectivity index (χ4n) is 2.56. The van der Waals surface area contributed by atoms with Gasteiger partial charge < -0.3 is 4.74 Å². The monoisotopic (exact) mass is 299 g/mol. The summed E-state index contributed by atoms with van der Waals surface area (Å²) in [5.74, 6) is -0.601. The fourth-order valence-corrected chi connectivity index (χ4v) is 2.68. The fraction of sp³-hybridized carbons (Fsp3) is 0.533. The highest BCUT2D eigenvalue weighted by Crippen LogP contribution is 2.22. The van der Waals surface area contributed by atoms with Crippen molar-refractivity contribution in [3.8, 4) is 0 Å². The molecule has 1 aromatic rings. The SMILES string of the molecule is CCOC(=O)C1CCCCN1Cc1ccc(Cl)c(F)c1. The lowest BCUT2D eigenvalue weighted by Crippen LogP contribution is -2.44. The second-order valence-corrected chi connectivity index (χ2v) is 5.39. The number of halogens is 2. The highest BCUT2D eigenvalue weighted by atomic mass is 35.5. The van der Waals surface area contributed by atoms with Gasteiger partial charge in [-0.25, -0.2) is 4.39 Å². The van der Waals surface area contributed by atoms with Crippen LogP contribution < -0.4 is 0 Å². The van der Waals surface area contributed by atoms with Gasteiger partial charge >= 0.3 is 5.97 Å². The number of likely N-dealkylation sites (tertiary alicyclic amines) is 1. The van der Waals surface area contributed by atoms with E-state index in [4.69, 9.17) is 16.3 Å². The molecule has 0 aromatic heterocycles. The molecule has 0 aliphatic carbocycles. The molecule has 20 heavy (non-hydrogen) atoms. The molecule has 110 valence electrons. The van der Waals surface area contributed by atoms with Gasteiger partial charge in [0, 0.05) is 6.54 Å². The van der Waals surface area contributed by atoms with Crippen molar-refractivity contribution in [1.82, 2.24) is 4.90 Å². The molecule has 1 aliphatic heterocycles. The van der Waals surface area contributed by atoms with E-state index in [0.29, 0.717) is 13.2 Å². The lowest BCUT2D eigenvalue weighted by molar-refractivity contribution is -0.151. The number of ether oxygens (including phenoxy) is 1. The third-order valence-electron chi connectivity index (χ3n) is 3.54. The van der Waals surface area contributed by atoms with Gasteiger partial charge in [-0.3, -0.25) is 9.69 Å². The van der Waals surface area contributed by atoms with Crippen LogP contribution in [0, 0.1) is 5.82 Å². The summed E-state index contributed by atoms with van der Waals surface area (Å²) in [5.41, 5.74) is 0.822. The van der Waals surface area contributed by atoms with E-state index in [1.54, 1.807) is 19.1 Å². The van der Waals surface area contributed by atoms with Crippen LogP contribution in [0.5, 0.6) is 0 Å². The van der Waals surface area contributed by atoms with E-state index in [1.807, 2.05) is 0 Å². The zero-order valence-corrected chi connectivity index (χ0v) is 12.3. The van der Waals surface area contributed by atoms with Gasteiger partial charge in [0.15, 0.2) is 0 Å². The van der Waals surface area contributed by atoms with E-state index in [1.165, 1.54) is 6.07 Å². The Morgan fingerprint density at radius 1 is 1.50 bits per heavy atom. The Morgan fingerprint density at radius 3 is 3.00 bits per heavy atom. The van der Waals surface area contributed by atoms with Gasteiger partial charge in [0.05, 0.1) is 11.6 Å². The number of carbonyl (C=O) groups excluding carboxylic acids is 1. The van der Waals surface area contributed by atoms with Gasteiger partial charge in [-0.2, -0.15) is 0 Å². The summed E-state index contributed by atoms with van der Waals surface area (Å²) in [4.78, 5) is 14.0. The van der Waals surface area contributed by atoms with Gasteiger partial charge in [0.2, 0.25) is 0 Å². The summed E-state index contributed by atoms with van der Waals surface area (Å²) < 4.78 is 18.6. The van der Waals surface area contributed by atoms with E-state index >= 15 is 0 Å². The first kappa shape index (κ1) is 15.3. The third-order valence-corrected chi connectivity index (χ3v) is 3.85. The zero-order valence-electron chi connectivity index (χ0n) is 11.6. The molecule has 1 aliphatic rings. The van der Waals surface area contributed by atoms with Crippen molar-refractivity contribution in [3.05, 3.63) is 34.6 Å². The highest BCUT2D eigenvalue weighted by molar-refractivity contribution is 6.30. The van der Waals surface area contributed by atoms with Crippen LogP contribution in [0.4, 0.5) is 4.39 Å². The Morgan fingerprint density at radius 2 is 2.30 bits per heavy atom. The van der Waals surface area contributed by atoms with Crippen molar-refractivity contribution in [3.63, 3.8) is 0 Å². The lowest BCUT2D eigenvalue weighted by atomic mass is 10.0. The maximum atomic E-state index is 13.5. The number of esters is 1. The van der Waals surface area contributed by atoms with E-state index < -0.39 is 5.82 Å². The van der Waals surface area contributed by atoms with Crippen LogP contribution in [-0.4, -0.2) is 30.1 Å². The Balaban J connectivity index is 2.08. The smallest absolute Gasteiger partial charge is 0.323 e. The van der Waals surface area contributed by atoms with Crippen LogP contribution in [0.2, 0.25) is 5.02 Å². The largest absolute Gasteiger partial charge is 0.465 e. The van der Waals surface area contributed by atoms with Crippen LogP contribution in [0.15, 0.2) is 18.2 Å². The molecule has 2 rings (SSSR count). The van der Waals surface area contributed by atoms with Crippen LogP contribution >= 0.6 is 11.6 Å². The van der Waals surface area contributed by atoms with Crippen molar-refractivity contribution < 1.29 is 13.9 Å². The topological polar surface area (TPSA) is 29.5 Å². The minimum absolute atomic E-state index is 0.120. The van der Waals surface area contributed by atoms with E-state index in [2.05, 4.69) is 4.90 Å². The third kappa shape index (κ3) is 3.70. The van der Waals surface area contributed by atoms with Gasteiger partial charge in [-0.1, -0.05) is 24.1 Å². The second kappa shape index (κ2) is 7.04. The Kier molecular flexibility index (Phi) is 5.38. The average molecular weight is 300 g/mol. The molecule has 1 fully saturated rings. The molecule has 1 unspecified atom stereocenters. The average Bonchev–Trinajstić information content (AvgIpc) is 2.44. The predicted octanol–water partition coefficient (Wildman–Crippen LogP) is 3.40. The van der Waals surface area contributed by atoms with Crippen molar-refractivity contribution >= 4 is 17.6 Å². The molecule has 5 heteroatoms. The Hall–Kier alpha value is -1.13. The van der Waals surface area contributed by atoms with Crippen LogP contribution in [0.25, 0.3) is 0 Å². The molecule has 1 aromatic carbocycles. The summed E-state index contributed by atoms with van der Waals surface area (Å²) in [6.07, 6.45) is 2.87. The number of piperidine rings is 1. The molecule has 0 radical (unpaired) electrons. The summed E-state index contributed by atoms with van der Waals surface area (Å²) in [6, 6.07) is 4.55. The molecule has 3 nitrogen and oxygen atoms in total. The normalized spacial score (nSPS) is 19.9. The zero-order chi connectivity index (χ0) is 14.5. The number of benzene rings is 1. The Bertz CT molecular complexity index is 481. The molecule has 1 saturated heterocycles. The summed E-state index contributed by atoms with van der Waals surface area (Å²) >= 11 is 5.68. The molecule has 1 atom stereocenters. The number of rotatable bonds is 4. The van der Waals surface area contributed by atoms with Gasteiger partial charge in [0.1, 0.15) is 11.9 Å². The summed E-state index contributed by atoms with van der Waals surface area (Å²) in [7, 11) is 0. The molecule has 0 spiro atoms. The van der Waals surface area contributed by atoms with Crippen LogP contribution in [0.3, 0.4) is 0 Å². The molecular formula is C15H19ClFNO2. The second-order valence-electron chi connectivity index (χ2n) is 4.98. The lowest BCUT2D eigenvalue weighted by Gasteiger charge is -2.33. The van der Waals surface area contributed by atoms with Crippen LogP contribution in [-0.2, 0) is 16.1 Å². The van der Waals surface area contributed by atoms with Crippen molar-refractivity contribution in [2.45, 2.75) is 38.8 Å². The van der Waals surface area contributed by atoms with Crippen molar-refractivity contribution in [1.29, 1.82) is 0 Å². The minimum Gasteiger partial charge on any atom is -0.465 e. The summed E-state index contributed by atoms with van der Waals surface area (Å²) in [5, 5.41) is 0.120. The number of hydrogen-bond acceptors (Lipinski definition) is 3. The van der Waals surface area contributed by atoms with E-state index in [9.17, 15) is 9.18 Å². The first-order chi connectivity index (χ1) is 9.61. The molecular weight excluding hydrogens is 281 g/mol. The summed E-state index contributed by atoms with van der Waals surface area (Å²) in [6.45, 7) is 3.56.